The highest BCUT2D eigenvalue weighted by molar-refractivity contribution is 5.76. The Balaban J connectivity index is 1.37. The standard InChI is InChI=1S/C23H20F2N4/c24-23(25)29-21-7-2-1-6-20(21)27-22(29)10-13-28-14-17-4-3-5-18(19(17)15-28)16-8-11-26-12-9-16/h1-9,11-12,23H,10,13-15H2. The van der Waals surface area contributed by atoms with Crippen LogP contribution in [0.5, 0.6) is 0 Å². The molecular formula is C23H20F2N4. The molecule has 0 atom stereocenters. The maximum atomic E-state index is 13.7. The molecule has 0 aliphatic carbocycles. The molecule has 6 heteroatoms. The molecule has 1 aliphatic heterocycles. The Labute approximate surface area is 167 Å². The Bertz CT molecular complexity index is 1150. The summed E-state index contributed by atoms with van der Waals surface area (Å²) in [6.45, 7) is -0.279. The first-order chi connectivity index (χ1) is 14.2. The van der Waals surface area contributed by atoms with Crippen LogP contribution >= 0.6 is 0 Å². The fourth-order valence-corrected chi connectivity index (χ4v) is 4.20. The summed E-state index contributed by atoms with van der Waals surface area (Å²) < 4.78 is 28.4. The molecule has 29 heavy (non-hydrogen) atoms. The lowest BCUT2D eigenvalue weighted by atomic mass is 9.98. The van der Waals surface area contributed by atoms with Crippen LogP contribution in [-0.2, 0) is 19.5 Å². The second-order valence-corrected chi connectivity index (χ2v) is 7.30. The van der Waals surface area contributed by atoms with Crippen LogP contribution in [-0.4, -0.2) is 26.0 Å². The van der Waals surface area contributed by atoms with Gasteiger partial charge >= 0.3 is 6.55 Å². The van der Waals surface area contributed by atoms with Crippen molar-refractivity contribution in [3.63, 3.8) is 0 Å². The van der Waals surface area contributed by atoms with Crippen molar-refractivity contribution in [3.8, 4) is 11.1 Å². The molecule has 0 saturated heterocycles. The van der Waals surface area contributed by atoms with Crippen molar-refractivity contribution in [1.82, 2.24) is 19.4 Å². The molecule has 0 spiro atoms. The quantitative estimate of drug-likeness (QED) is 0.478. The molecule has 0 fully saturated rings. The van der Waals surface area contributed by atoms with Crippen molar-refractivity contribution < 1.29 is 8.78 Å². The molecule has 4 nitrogen and oxygen atoms in total. The van der Waals surface area contributed by atoms with Gasteiger partial charge in [0.05, 0.1) is 11.0 Å². The van der Waals surface area contributed by atoms with Crippen LogP contribution in [0.2, 0.25) is 0 Å². The summed E-state index contributed by atoms with van der Waals surface area (Å²) in [7, 11) is 0. The van der Waals surface area contributed by atoms with Crippen molar-refractivity contribution in [3.05, 3.63) is 83.9 Å². The SMILES string of the molecule is FC(F)n1c(CCN2Cc3cccc(-c4ccncc4)c3C2)nc2ccccc21. The zero-order chi connectivity index (χ0) is 19.8. The lowest BCUT2D eigenvalue weighted by molar-refractivity contribution is 0.0709. The molecule has 0 N–H and O–H groups in total. The van der Waals surface area contributed by atoms with Gasteiger partial charge < -0.3 is 0 Å². The van der Waals surface area contributed by atoms with Crippen molar-refractivity contribution in [1.29, 1.82) is 0 Å². The number of hydrogen-bond donors (Lipinski definition) is 0. The molecule has 2 aromatic carbocycles. The maximum absolute atomic E-state index is 13.7. The number of imidazole rings is 1. The first-order valence-electron chi connectivity index (χ1n) is 9.68. The number of alkyl halides is 2. The van der Waals surface area contributed by atoms with Gasteiger partial charge in [0, 0.05) is 38.4 Å². The number of hydrogen-bond acceptors (Lipinski definition) is 3. The Kier molecular flexibility index (Phi) is 4.56. The van der Waals surface area contributed by atoms with Crippen LogP contribution in [0.3, 0.4) is 0 Å². The lowest BCUT2D eigenvalue weighted by Gasteiger charge is -2.15. The average molecular weight is 390 g/mol. The van der Waals surface area contributed by atoms with Gasteiger partial charge in [-0.1, -0.05) is 30.3 Å². The molecule has 2 aromatic heterocycles. The van der Waals surface area contributed by atoms with E-state index in [2.05, 4.69) is 33.1 Å². The van der Waals surface area contributed by atoms with E-state index in [-0.39, 0.29) is 0 Å². The number of nitrogens with zero attached hydrogens (tertiary/aromatic N) is 4. The summed E-state index contributed by atoms with van der Waals surface area (Å²) in [5, 5.41) is 0. The second kappa shape index (κ2) is 7.37. The van der Waals surface area contributed by atoms with E-state index in [1.165, 1.54) is 16.7 Å². The zero-order valence-corrected chi connectivity index (χ0v) is 15.8. The summed E-state index contributed by atoms with van der Waals surface area (Å²) in [5.41, 5.74) is 6.07. The van der Waals surface area contributed by atoms with E-state index in [0.717, 1.165) is 23.2 Å². The van der Waals surface area contributed by atoms with Crippen LogP contribution in [0.1, 0.15) is 23.5 Å². The number of aromatic nitrogens is 3. The maximum Gasteiger partial charge on any atom is 0.320 e. The van der Waals surface area contributed by atoms with Gasteiger partial charge in [-0.15, -0.1) is 0 Å². The fraction of sp³-hybridized carbons (Fsp3) is 0.217. The third kappa shape index (κ3) is 3.29. The van der Waals surface area contributed by atoms with Crippen molar-refractivity contribution in [2.45, 2.75) is 26.1 Å². The molecule has 0 saturated carbocycles. The Hall–Kier alpha value is -3.12. The number of benzene rings is 2. The Morgan fingerprint density at radius 1 is 0.931 bits per heavy atom. The number of rotatable bonds is 5. The fourth-order valence-electron chi connectivity index (χ4n) is 4.20. The van der Waals surface area contributed by atoms with Gasteiger partial charge in [-0.05, 0) is 46.5 Å². The largest absolute Gasteiger partial charge is 0.320 e. The lowest BCUT2D eigenvalue weighted by Crippen LogP contribution is -2.21. The number of para-hydroxylation sites is 2. The molecule has 0 unspecified atom stereocenters. The van der Waals surface area contributed by atoms with Crippen molar-refractivity contribution in [2.24, 2.45) is 0 Å². The third-order valence-corrected chi connectivity index (χ3v) is 5.56. The molecule has 5 rings (SSSR count). The molecule has 146 valence electrons. The third-order valence-electron chi connectivity index (χ3n) is 5.56. The predicted molar refractivity (Wildman–Crippen MR) is 108 cm³/mol. The monoisotopic (exact) mass is 390 g/mol. The number of pyridine rings is 1. The van der Waals surface area contributed by atoms with Crippen LogP contribution in [0.25, 0.3) is 22.2 Å². The second-order valence-electron chi connectivity index (χ2n) is 7.30. The first kappa shape index (κ1) is 17.9. The summed E-state index contributed by atoms with van der Waals surface area (Å²) in [6.07, 6.45) is 4.09. The van der Waals surface area contributed by atoms with Crippen LogP contribution in [0.15, 0.2) is 67.0 Å². The van der Waals surface area contributed by atoms with E-state index in [4.69, 9.17) is 0 Å². The summed E-state index contributed by atoms with van der Waals surface area (Å²) >= 11 is 0. The number of fused-ring (bicyclic) bond motifs is 2. The first-order valence-corrected chi connectivity index (χ1v) is 9.68. The van der Waals surface area contributed by atoms with Gasteiger partial charge in [0.2, 0.25) is 0 Å². The van der Waals surface area contributed by atoms with Crippen molar-refractivity contribution in [2.75, 3.05) is 6.54 Å². The molecule has 1 aliphatic rings. The molecule has 0 bridgehead atoms. The average Bonchev–Trinajstić information content (AvgIpc) is 3.33. The number of halogens is 2. The minimum Gasteiger partial charge on any atom is -0.294 e. The van der Waals surface area contributed by atoms with Crippen LogP contribution < -0.4 is 0 Å². The normalized spacial score (nSPS) is 14.0. The highest BCUT2D eigenvalue weighted by Crippen LogP contribution is 2.32. The molecule has 0 radical (unpaired) electrons. The summed E-state index contributed by atoms with van der Waals surface area (Å²) in [6, 6.07) is 17.5. The van der Waals surface area contributed by atoms with Crippen LogP contribution in [0, 0.1) is 0 Å². The van der Waals surface area contributed by atoms with E-state index in [1.807, 2.05) is 18.2 Å². The van der Waals surface area contributed by atoms with Crippen molar-refractivity contribution >= 4 is 11.0 Å². The predicted octanol–water partition coefficient (Wildman–Crippen LogP) is 5.05. The van der Waals surface area contributed by atoms with E-state index in [9.17, 15) is 8.78 Å². The Morgan fingerprint density at radius 2 is 1.76 bits per heavy atom. The van der Waals surface area contributed by atoms with Gasteiger partial charge in [-0.2, -0.15) is 8.78 Å². The Morgan fingerprint density at radius 3 is 2.59 bits per heavy atom. The van der Waals surface area contributed by atoms with Gasteiger partial charge in [0.15, 0.2) is 0 Å². The minimum absolute atomic E-state index is 0.437. The molecular weight excluding hydrogens is 370 g/mol. The minimum atomic E-state index is -2.59. The van der Waals surface area contributed by atoms with E-state index < -0.39 is 6.55 Å². The highest BCUT2D eigenvalue weighted by atomic mass is 19.3. The molecule has 0 amide bonds. The van der Waals surface area contributed by atoms with Crippen LogP contribution in [0.4, 0.5) is 8.78 Å². The summed E-state index contributed by atoms with van der Waals surface area (Å²) in [5.74, 6) is 0.437. The van der Waals surface area contributed by atoms with Gasteiger partial charge in [-0.25, -0.2) is 4.98 Å². The molecule has 4 aromatic rings. The molecule has 3 heterocycles. The highest BCUT2D eigenvalue weighted by Gasteiger charge is 2.23. The van der Waals surface area contributed by atoms with Gasteiger partial charge in [-0.3, -0.25) is 14.5 Å². The zero-order valence-electron chi connectivity index (χ0n) is 15.8. The smallest absolute Gasteiger partial charge is 0.294 e. The van der Waals surface area contributed by atoms with Gasteiger partial charge in [0.1, 0.15) is 5.82 Å². The van der Waals surface area contributed by atoms with E-state index in [1.54, 1.807) is 30.6 Å². The van der Waals surface area contributed by atoms with E-state index in [0.29, 0.717) is 29.8 Å². The topological polar surface area (TPSA) is 34.0 Å². The van der Waals surface area contributed by atoms with Gasteiger partial charge in [0.25, 0.3) is 0 Å². The van der Waals surface area contributed by atoms with E-state index >= 15 is 0 Å². The summed E-state index contributed by atoms with van der Waals surface area (Å²) in [4.78, 5) is 10.9.